The minimum atomic E-state index is 0.0147. The van der Waals surface area contributed by atoms with Crippen LogP contribution < -0.4 is 5.32 Å². The molecule has 0 aromatic heterocycles. The molecule has 2 saturated heterocycles. The average molecular weight is 274 g/mol. The lowest BCUT2D eigenvalue weighted by atomic mass is 9.95. The zero-order chi connectivity index (χ0) is 14.0. The number of piperidine rings is 1. The molecule has 4 heteroatoms. The highest BCUT2D eigenvalue weighted by atomic mass is 16.5. The van der Waals surface area contributed by atoms with Crippen LogP contribution in [0.3, 0.4) is 0 Å². The monoisotopic (exact) mass is 274 g/mol. The summed E-state index contributed by atoms with van der Waals surface area (Å²) in [5.74, 6) is 0.0147. The summed E-state index contributed by atoms with van der Waals surface area (Å²) < 4.78 is 5.51. The molecule has 2 aliphatic rings. The number of carbonyl (C=O) groups is 1. The van der Waals surface area contributed by atoms with Crippen LogP contribution in [-0.4, -0.2) is 42.6 Å². The van der Waals surface area contributed by atoms with Crippen LogP contribution in [0.4, 0.5) is 0 Å². The molecule has 1 N–H and O–H groups in total. The summed E-state index contributed by atoms with van der Waals surface area (Å²) in [6, 6.07) is 8.20. The molecular formula is C16H22N2O2. The van der Waals surface area contributed by atoms with Crippen LogP contribution in [0.5, 0.6) is 0 Å². The SMILES string of the molecule is Cc1ccc(COCC(=O)NC23CCN(CC2)C3)cc1. The normalized spacial score (nSPS) is 27.8. The number of fused-ring (bicyclic) bond motifs is 2. The summed E-state index contributed by atoms with van der Waals surface area (Å²) in [5, 5.41) is 3.17. The Balaban J connectivity index is 1.42. The lowest BCUT2D eigenvalue weighted by Gasteiger charge is -2.26. The van der Waals surface area contributed by atoms with Crippen molar-refractivity contribution in [3.63, 3.8) is 0 Å². The Morgan fingerprint density at radius 1 is 1.30 bits per heavy atom. The number of benzene rings is 1. The van der Waals surface area contributed by atoms with Crippen LogP contribution in [0, 0.1) is 6.92 Å². The zero-order valence-electron chi connectivity index (χ0n) is 12.0. The second-order valence-electron chi connectivity index (χ2n) is 6.08. The van der Waals surface area contributed by atoms with Gasteiger partial charge in [0.25, 0.3) is 0 Å². The minimum absolute atomic E-state index is 0.0147. The van der Waals surface area contributed by atoms with Crippen molar-refractivity contribution in [1.82, 2.24) is 10.2 Å². The third kappa shape index (κ3) is 3.02. The highest BCUT2D eigenvalue weighted by molar-refractivity contribution is 5.78. The van der Waals surface area contributed by atoms with Gasteiger partial charge in [0.15, 0.2) is 0 Å². The van der Waals surface area contributed by atoms with E-state index in [1.54, 1.807) is 0 Å². The van der Waals surface area contributed by atoms with Gasteiger partial charge in [0.2, 0.25) is 5.91 Å². The number of nitrogens with zero attached hydrogens (tertiary/aromatic N) is 1. The first-order chi connectivity index (χ1) is 9.65. The molecule has 2 fully saturated rings. The Morgan fingerprint density at radius 3 is 2.60 bits per heavy atom. The van der Waals surface area contributed by atoms with Gasteiger partial charge in [-0.15, -0.1) is 0 Å². The first-order valence-electron chi connectivity index (χ1n) is 7.32. The maximum Gasteiger partial charge on any atom is 0.246 e. The molecule has 0 radical (unpaired) electrons. The first kappa shape index (κ1) is 13.6. The second-order valence-corrected chi connectivity index (χ2v) is 6.08. The summed E-state index contributed by atoms with van der Waals surface area (Å²) in [7, 11) is 0. The number of carbonyl (C=O) groups excluding carboxylic acids is 1. The van der Waals surface area contributed by atoms with Crippen LogP contribution in [0.15, 0.2) is 24.3 Å². The number of nitrogens with one attached hydrogen (secondary N) is 1. The van der Waals surface area contributed by atoms with E-state index in [1.807, 2.05) is 12.1 Å². The molecule has 1 aromatic rings. The van der Waals surface area contributed by atoms with Gasteiger partial charge in [0.1, 0.15) is 6.61 Å². The molecule has 2 heterocycles. The Kier molecular flexibility index (Phi) is 3.76. The third-order valence-electron chi connectivity index (χ3n) is 4.37. The highest BCUT2D eigenvalue weighted by Gasteiger charge is 2.44. The van der Waals surface area contributed by atoms with E-state index < -0.39 is 0 Å². The number of hydrogen-bond donors (Lipinski definition) is 1. The number of ether oxygens (including phenoxy) is 1. The molecule has 0 aliphatic carbocycles. The van der Waals surface area contributed by atoms with Gasteiger partial charge in [-0.1, -0.05) is 29.8 Å². The second kappa shape index (κ2) is 5.54. The molecule has 0 spiro atoms. The summed E-state index contributed by atoms with van der Waals surface area (Å²) in [6.07, 6.45) is 2.16. The maximum atomic E-state index is 12.0. The van der Waals surface area contributed by atoms with Crippen molar-refractivity contribution in [2.75, 3.05) is 26.2 Å². The van der Waals surface area contributed by atoms with E-state index in [0.717, 1.165) is 38.0 Å². The quantitative estimate of drug-likeness (QED) is 0.884. The van der Waals surface area contributed by atoms with E-state index >= 15 is 0 Å². The minimum Gasteiger partial charge on any atom is -0.367 e. The van der Waals surface area contributed by atoms with Crippen LogP contribution >= 0.6 is 0 Å². The number of rotatable bonds is 5. The molecule has 20 heavy (non-hydrogen) atoms. The number of hydrogen-bond acceptors (Lipinski definition) is 3. The lowest BCUT2D eigenvalue weighted by Crippen LogP contribution is -2.49. The molecule has 1 amide bonds. The number of aryl methyl sites for hydroxylation is 1. The fourth-order valence-electron chi connectivity index (χ4n) is 3.17. The average Bonchev–Trinajstić information content (AvgIpc) is 3.01. The lowest BCUT2D eigenvalue weighted by molar-refractivity contribution is -0.127. The van der Waals surface area contributed by atoms with E-state index in [4.69, 9.17) is 4.74 Å². The molecule has 1 aromatic carbocycles. The maximum absolute atomic E-state index is 12.0. The van der Waals surface area contributed by atoms with Gasteiger partial charge in [-0.05, 0) is 25.3 Å². The van der Waals surface area contributed by atoms with E-state index in [9.17, 15) is 4.79 Å². The Bertz CT molecular complexity index is 476. The van der Waals surface area contributed by atoms with Crippen LogP contribution in [-0.2, 0) is 16.1 Å². The van der Waals surface area contributed by atoms with Gasteiger partial charge < -0.3 is 15.0 Å². The van der Waals surface area contributed by atoms with Crippen molar-refractivity contribution < 1.29 is 9.53 Å². The fraction of sp³-hybridized carbons (Fsp3) is 0.562. The zero-order valence-corrected chi connectivity index (χ0v) is 12.0. The Labute approximate surface area is 120 Å². The molecule has 0 atom stereocenters. The molecule has 0 saturated carbocycles. The summed E-state index contributed by atoms with van der Waals surface area (Å²) in [5.41, 5.74) is 2.37. The van der Waals surface area contributed by atoms with Gasteiger partial charge in [-0.2, -0.15) is 0 Å². The first-order valence-corrected chi connectivity index (χ1v) is 7.32. The molecule has 2 aliphatic heterocycles. The molecule has 108 valence electrons. The summed E-state index contributed by atoms with van der Waals surface area (Å²) in [6.45, 7) is 5.94. The van der Waals surface area contributed by atoms with E-state index in [0.29, 0.717) is 6.61 Å². The van der Waals surface area contributed by atoms with Gasteiger partial charge in [-0.25, -0.2) is 0 Å². The van der Waals surface area contributed by atoms with Gasteiger partial charge in [0, 0.05) is 19.6 Å². The van der Waals surface area contributed by atoms with Crippen molar-refractivity contribution >= 4 is 5.91 Å². The highest BCUT2D eigenvalue weighted by Crippen LogP contribution is 2.31. The van der Waals surface area contributed by atoms with Gasteiger partial charge in [0.05, 0.1) is 12.1 Å². The van der Waals surface area contributed by atoms with E-state index in [1.165, 1.54) is 5.56 Å². The van der Waals surface area contributed by atoms with Crippen molar-refractivity contribution in [2.24, 2.45) is 0 Å². The third-order valence-corrected chi connectivity index (χ3v) is 4.37. The smallest absolute Gasteiger partial charge is 0.246 e. The largest absolute Gasteiger partial charge is 0.367 e. The molecule has 4 nitrogen and oxygen atoms in total. The van der Waals surface area contributed by atoms with Crippen molar-refractivity contribution in [1.29, 1.82) is 0 Å². The Hall–Kier alpha value is -1.39. The standard InChI is InChI=1S/C16H22N2O2/c1-13-2-4-14(5-3-13)10-20-11-15(19)17-16-6-8-18(12-16)9-7-16/h2-5H,6-12H2,1H3,(H,17,19). The van der Waals surface area contributed by atoms with Gasteiger partial charge in [-0.3, -0.25) is 4.79 Å². The van der Waals surface area contributed by atoms with Crippen molar-refractivity contribution in [2.45, 2.75) is 31.9 Å². The number of amides is 1. The van der Waals surface area contributed by atoms with Gasteiger partial charge >= 0.3 is 0 Å². The molecular weight excluding hydrogens is 252 g/mol. The molecule has 0 unspecified atom stereocenters. The predicted octanol–water partition coefficient (Wildman–Crippen LogP) is 1.48. The van der Waals surface area contributed by atoms with E-state index in [-0.39, 0.29) is 18.1 Å². The summed E-state index contributed by atoms with van der Waals surface area (Å²) >= 11 is 0. The predicted molar refractivity (Wildman–Crippen MR) is 77.4 cm³/mol. The fourth-order valence-corrected chi connectivity index (χ4v) is 3.17. The van der Waals surface area contributed by atoms with Crippen LogP contribution in [0.2, 0.25) is 0 Å². The summed E-state index contributed by atoms with van der Waals surface area (Å²) in [4.78, 5) is 14.4. The van der Waals surface area contributed by atoms with E-state index in [2.05, 4.69) is 29.3 Å². The van der Waals surface area contributed by atoms with Crippen LogP contribution in [0.25, 0.3) is 0 Å². The van der Waals surface area contributed by atoms with Crippen LogP contribution in [0.1, 0.15) is 24.0 Å². The molecule has 3 rings (SSSR count). The molecule has 2 bridgehead atoms. The Morgan fingerprint density at radius 2 is 2.00 bits per heavy atom. The van der Waals surface area contributed by atoms with Crippen molar-refractivity contribution in [3.05, 3.63) is 35.4 Å². The van der Waals surface area contributed by atoms with Crippen molar-refractivity contribution in [3.8, 4) is 0 Å². The topological polar surface area (TPSA) is 41.6 Å².